The number of hydrogen-bond donors (Lipinski definition) is 1. The molecule has 37 heavy (non-hydrogen) atoms. The highest BCUT2D eigenvalue weighted by atomic mass is 19.1. The van der Waals surface area contributed by atoms with Crippen LogP contribution in [0.3, 0.4) is 0 Å². The van der Waals surface area contributed by atoms with Gasteiger partial charge >= 0.3 is 18.2 Å². The zero-order valence-corrected chi connectivity index (χ0v) is 21.0. The van der Waals surface area contributed by atoms with Crippen LogP contribution in [-0.4, -0.2) is 50.8 Å². The van der Waals surface area contributed by atoms with E-state index in [1.165, 1.54) is 24.4 Å². The number of ether oxygens (including phenoxy) is 3. The fourth-order valence-corrected chi connectivity index (χ4v) is 3.30. The van der Waals surface area contributed by atoms with Gasteiger partial charge in [0.05, 0.1) is 5.70 Å². The Balaban J connectivity index is 1.96. The minimum atomic E-state index is -2.62. The number of Topliss-reactive ketones (excluding diaryl/α,β-unsaturated/α-hetero) is 1. The van der Waals surface area contributed by atoms with Crippen LogP contribution >= 0.6 is 0 Å². The van der Waals surface area contributed by atoms with Crippen LogP contribution in [0.1, 0.15) is 52.0 Å². The van der Waals surface area contributed by atoms with Crippen molar-refractivity contribution in [3.05, 3.63) is 59.3 Å². The van der Waals surface area contributed by atoms with Crippen LogP contribution in [-0.2, 0) is 19.0 Å². The van der Waals surface area contributed by atoms with E-state index in [0.29, 0.717) is 0 Å². The van der Waals surface area contributed by atoms with Gasteiger partial charge in [0.1, 0.15) is 22.7 Å². The first-order chi connectivity index (χ1) is 17.0. The van der Waals surface area contributed by atoms with E-state index in [1.807, 2.05) is 0 Å². The predicted molar refractivity (Wildman–Crippen MR) is 128 cm³/mol. The van der Waals surface area contributed by atoms with Crippen molar-refractivity contribution in [1.29, 1.82) is 0 Å². The molecule has 1 aromatic heterocycles. The number of fused-ring (bicyclic) bond motifs is 1. The number of carboxylic acid groups (broad SMARTS) is 1. The van der Waals surface area contributed by atoms with Gasteiger partial charge < -0.3 is 19.3 Å². The fourth-order valence-electron chi connectivity index (χ4n) is 3.30. The van der Waals surface area contributed by atoms with Crippen molar-refractivity contribution in [3.63, 3.8) is 0 Å². The summed E-state index contributed by atoms with van der Waals surface area (Å²) >= 11 is 0. The average molecular weight is 512 g/mol. The molecule has 10 nitrogen and oxygen atoms in total. The molecule has 1 atom stereocenters. The van der Waals surface area contributed by atoms with Gasteiger partial charge in [-0.25, -0.2) is 28.3 Å². The maximum atomic E-state index is 15.1. The molecule has 0 saturated carbocycles. The summed E-state index contributed by atoms with van der Waals surface area (Å²) in [5, 5.41) is 10.0. The molecule has 3 rings (SSSR count). The molecule has 0 spiro atoms. The fraction of sp³-hybridized carbons (Fsp3) is 0.346. The number of halogens is 1. The zero-order chi connectivity index (χ0) is 27.8. The summed E-state index contributed by atoms with van der Waals surface area (Å²) in [6.45, 7) is 9.79. The molecule has 1 N–H and O–H groups in total. The lowest BCUT2D eigenvalue weighted by Gasteiger charge is -2.26. The van der Waals surface area contributed by atoms with E-state index in [-0.39, 0.29) is 22.9 Å². The van der Waals surface area contributed by atoms with E-state index < -0.39 is 46.4 Å². The normalized spacial score (nSPS) is 18.7. The molecule has 1 unspecified atom stereocenters. The monoisotopic (exact) mass is 512 g/mol. The van der Waals surface area contributed by atoms with Crippen molar-refractivity contribution < 1.29 is 42.9 Å². The summed E-state index contributed by atoms with van der Waals surface area (Å²) in [6, 6.07) is 2.69. The minimum Gasteiger partial charge on any atom is -0.480 e. The van der Waals surface area contributed by atoms with Crippen molar-refractivity contribution in [2.75, 3.05) is 0 Å². The first kappa shape index (κ1) is 27.1. The van der Waals surface area contributed by atoms with E-state index >= 15 is 4.39 Å². The highest BCUT2D eigenvalue weighted by molar-refractivity contribution is 6.10. The van der Waals surface area contributed by atoms with E-state index in [0.717, 1.165) is 16.7 Å². The molecule has 11 heteroatoms. The highest BCUT2D eigenvalue weighted by Crippen LogP contribution is 2.46. The third-order valence-electron chi connectivity index (χ3n) is 4.76. The van der Waals surface area contributed by atoms with E-state index in [9.17, 15) is 24.3 Å². The van der Waals surface area contributed by atoms with Gasteiger partial charge in [-0.05, 0) is 71.7 Å². The van der Waals surface area contributed by atoms with E-state index in [4.69, 9.17) is 14.2 Å². The second-order valence-electron chi connectivity index (χ2n) is 10.0. The summed E-state index contributed by atoms with van der Waals surface area (Å²) in [5.74, 6) is 0.136. The summed E-state index contributed by atoms with van der Waals surface area (Å²) in [5.41, 5.74) is -4.80. The smallest absolute Gasteiger partial charge is 0.480 e. The summed E-state index contributed by atoms with van der Waals surface area (Å²) in [4.78, 5) is 53.7. The molecule has 0 radical (unpaired) electrons. The lowest BCUT2D eigenvalue weighted by atomic mass is 9.75. The molecule has 0 bridgehead atoms. The molecular weight excluding hydrogens is 487 g/mol. The maximum absolute atomic E-state index is 15.1. The number of ketones is 1. The molecule has 1 aliphatic heterocycles. The SMILES string of the molecule is CC(C)(C)OC(=O)OC1=NC2=CC=C(F)C(C#CC(=O)c3cccn3C(=O)OC(C)(C)C)(C(=O)O)C2=C1. The molecule has 0 aromatic carbocycles. The Hall–Kier alpha value is -4.46. The highest BCUT2D eigenvalue weighted by Gasteiger charge is 2.50. The van der Waals surface area contributed by atoms with Crippen molar-refractivity contribution in [3.8, 4) is 11.8 Å². The molecule has 1 aromatic rings. The first-order valence-corrected chi connectivity index (χ1v) is 11.0. The van der Waals surface area contributed by atoms with E-state index in [1.54, 1.807) is 41.5 Å². The molecule has 0 amide bonds. The lowest BCUT2D eigenvalue weighted by molar-refractivity contribution is -0.142. The standard InChI is InChI=1S/C26H25FN2O8/c1-24(2,3)36-22(33)29-13-7-8-17(29)18(30)11-12-26(21(31)32)15-14-20(28-16(15)9-10-19(26)27)35-23(34)37-25(4,5)6/h7-10,13-14H,1-6H3,(H,31,32). The van der Waals surface area contributed by atoms with E-state index in [2.05, 4.69) is 16.8 Å². The largest absolute Gasteiger partial charge is 0.515 e. The second kappa shape index (κ2) is 9.54. The Labute approximate surface area is 212 Å². The number of rotatable bonds is 2. The van der Waals surface area contributed by atoms with Crippen LogP contribution in [0.25, 0.3) is 0 Å². The topological polar surface area (TPSA) is 133 Å². The molecule has 1 aliphatic carbocycles. The van der Waals surface area contributed by atoms with Gasteiger partial charge in [0.2, 0.25) is 11.3 Å². The Morgan fingerprint density at radius 2 is 1.70 bits per heavy atom. The van der Waals surface area contributed by atoms with Crippen molar-refractivity contribution >= 4 is 29.9 Å². The zero-order valence-electron chi connectivity index (χ0n) is 21.0. The third-order valence-corrected chi connectivity index (χ3v) is 4.76. The first-order valence-electron chi connectivity index (χ1n) is 11.0. The van der Waals surface area contributed by atoms with Crippen LogP contribution in [0.4, 0.5) is 14.0 Å². The number of aliphatic imine (C=N–C) groups is 1. The molecular formula is C26H25FN2O8. The Morgan fingerprint density at radius 3 is 2.30 bits per heavy atom. The molecule has 0 fully saturated rings. The number of aromatic nitrogens is 1. The molecule has 2 aliphatic rings. The number of carbonyl (C=O) groups is 4. The Morgan fingerprint density at radius 1 is 1.05 bits per heavy atom. The molecule has 0 saturated heterocycles. The number of allylic oxidation sites excluding steroid dienone is 3. The van der Waals surface area contributed by atoms with Gasteiger partial charge in [-0.2, -0.15) is 0 Å². The summed E-state index contributed by atoms with van der Waals surface area (Å²) in [7, 11) is 0. The van der Waals surface area contributed by atoms with Gasteiger partial charge in [-0.1, -0.05) is 5.92 Å². The van der Waals surface area contributed by atoms with Crippen LogP contribution < -0.4 is 0 Å². The average Bonchev–Trinajstić information content (AvgIpc) is 3.37. The second-order valence-corrected chi connectivity index (χ2v) is 10.0. The predicted octanol–water partition coefficient (Wildman–Crippen LogP) is 4.57. The van der Waals surface area contributed by atoms with Gasteiger partial charge in [0.25, 0.3) is 5.78 Å². The minimum absolute atomic E-state index is 0.0266. The van der Waals surface area contributed by atoms with Gasteiger partial charge in [-0.15, -0.1) is 0 Å². The lowest BCUT2D eigenvalue weighted by Crippen LogP contribution is -2.34. The third kappa shape index (κ3) is 5.86. The summed E-state index contributed by atoms with van der Waals surface area (Å²) < 4.78 is 31.3. The number of carboxylic acids is 1. The molecule has 194 valence electrons. The number of carbonyl (C=O) groups excluding carboxylic acids is 3. The Bertz CT molecular complexity index is 1370. The Kier molecular flexibility index (Phi) is 6.99. The van der Waals surface area contributed by atoms with Crippen LogP contribution in [0, 0.1) is 17.3 Å². The number of hydrogen-bond acceptors (Lipinski definition) is 8. The van der Waals surface area contributed by atoms with Gasteiger partial charge in [-0.3, -0.25) is 4.79 Å². The van der Waals surface area contributed by atoms with Crippen LogP contribution in [0.5, 0.6) is 0 Å². The van der Waals surface area contributed by atoms with Crippen LogP contribution in [0.2, 0.25) is 0 Å². The summed E-state index contributed by atoms with van der Waals surface area (Å²) in [6.07, 6.45) is 2.42. The van der Waals surface area contributed by atoms with Crippen molar-refractivity contribution in [2.45, 2.75) is 52.7 Å². The maximum Gasteiger partial charge on any atom is 0.515 e. The van der Waals surface area contributed by atoms with Gasteiger partial charge in [0, 0.05) is 17.8 Å². The van der Waals surface area contributed by atoms with Crippen molar-refractivity contribution in [1.82, 2.24) is 4.57 Å². The number of aliphatic carboxylic acids is 1. The van der Waals surface area contributed by atoms with Crippen molar-refractivity contribution in [2.24, 2.45) is 10.4 Å². The quantitative estimate of drug-likeness (QED) is 0.264. The van der Waals surface area contributed by atoms with Gasteiger partial charge in [0.15, 0.2) is 0 Å². The van der Waals surface area contributed by atoms with Crippen LogP contribution in [0.15, 0.2) is 58.6 Å². The molecule has 2 heterocycles. The number of nitrogens with zero attached hydrogens (tertiary/aromatic N) is 2.